The van der Waals surface area contributed by atoms with Gasteiger partial charge >= 0.3 is 5.97 Å². The van der Waals surface area contributed by atoms with E-state index in [1.807, 2.05) is 6.07 Å². The van der Waals surface area contributed by atoms with E-state index in [-0.39, 0.29) is 12.1 Å². The maximum atomic E-state index is 10.9. The zero-order valence-corrected chi connectivity index (χ0v) is 19.7. The highest BCUT2D eigenvalue weighted by atomic mass is 32.2. The first-order valence-corrected chi connectivity index (χ1v) is 12.6. The molecule has 0 aliphatic heterocycles. The number of aliphatic hydroxyl groups excluding tert-OH is 1. The fraction of sp³-hybridized carbons (Fsp3) is 0.522. The summed E-state index contributed by atoms with van der Waals surface area (Å²) in [5.41, 5.74) is 2.52. The zero-order chi connectivity index (χ0) is 23.7. The second-order valence-corrected chi connectivity index (χ2v) is 9.91. The van der Waals surface area contributed by atoms with Gasteiger partial charge in [0, 0.05) is 17.7 Å². The van der Waals surface area contributed by atoms with Gasteiger partial charge in [-0.3, -0.25) is 0 Å². The Morgan fingerprint density at radius 3 is 2.82 bits per heavy atom. The van der Waals surface area contributed by atoms with E-state index in [9.17, 15) is 9.90 Å². The van der Waals surface area contributed by atoms with Crippen LogP contribution in [0, 0.1) is 0 Å². The normalized spacial score (nSPS) is 26.1. The number of ether oxygens (including phenoxy) is 1. The highest BCUT2D eigenvalue weighted by molar-refractivity contribution is 7.99. The number of rotatable bonds is 10. The molecular formula is C23H28N6O4S. The van der Waals surface area contributed by atoms with Crippen LogP contribution in [0.15, 0.2) is 35.5 Å². The van der Waals surface area contributed by atoms with Crippen molar-refractivity contribution in [3.63, 3.8) is 0 Å². The van der Waals surface area contributed by atoms with Crippen LogP contribution in [0.5, 0.6) is 0 Å². The van der Waals surface area contributed by atoms with E-state index in [2.05, 4.69) is 46.8 Å². The Labute approximate surface area is 201 Å². The summed E-state index contributed by atoms with van der Waals surface area (Å²) in [7, 11) is 0. The van der Waals surface area contributed by atoms with Crippen LogP contribution in [0.2, 0.25) is 0 Å². The van der Waals surface area contributed by atoms with Crippen molar-refractivity contribution in [3.05, 3.63) is 35.9 Å². The molecule has 2 fully saturated rings. The highest BCUT2D eigenvalue weighted by Crippen LogP contribution is 2.43. The summed E-state index contributed by atoms with van der Waals surface area (Å²) in [6, 6.07) is 10.5. The Morgan fingerprint density at radius 1 is 1.24 bits per heavy atom. The van der Waals surface area contributed by atoms with Crippen LogP contribution in [-0.4, -0.2) is 71.8 Å². The van der Waals surface area contributed by atoms with Gasteiger partial charge in [0.25, 0.3) is 0 Å². The number of aliphatic carboxylic acids is 1. The number of nitrogens with zero attached hydrogens (tertiary/aromatic N) is 5. The van der Waals surface area contributed by atoms with Crippen molar-refractivity contribution < 1.29 is 19.7 Å². The molecule has 3 aromatic rings. The van der Waals surface area contributed by atoms with Gasteiger partial charge in [0.05, 0.1) is 18.2 Å². The number of carboxylic acid groups (broad SMARTS) is 1. The third kappa shape index (κ3) is 4.86. The van der Waals surface area contributed by atoms with Crippen molar-refractivity contribution in [2.24, 2.45) is 0 Å². The average Bonchev–Trinajstić information content (AvgIpc) is 3.30. The summed E-state index contributed by atoms with van der Waals surface area (Å²) < 4.78 is 7.10. The molecule has 2 saturated carbocycles. The highest BCUT2D eigenvalue weighted by Gasteiger charge is 2.40. The van der Waals surface area contributed by atoms with Crippen molar-refractivity contribution in [1.82, 2.24) is 25.0 Å². The van der Waals surface area contributed by atoms with Gasteiger partial charge in [-0.25, -0.2) is 19.4 Å². The van der Waals surface area contributed by atoms with E-state index in [0.29, 0.717) is 40.9 Å². The molecule has 5 rings (SSSR count). The van der Waals surface area contributed by atoms with Crippen molar-refractivity contribution >= 4 is 34.7 Å². The lowest BCUT2D eigenvalue weighted by molar-refractivity contribution is -0.146. The number of carboxylic acids is 1. The van der Waals surface area contributed by atoms with Crippen molar-refractivity contribution in [1.29, 1.82) is 0 Å². The first-order chi connectivity index (χ1) is 16.5. The van der Waals surface area contributed by atoms with Crippen molar-refractivity contribution in [2.45, 2.75) is 68.0 Å². The Kier molecular flexibility index (Phi) is 6.66. The average molecular weight is 485 g/mol. The fourth-order valence-corrected chi connectivity index (χ4v) is 5.22. The lowest BCUT2D eigenvalue weighted by Crippen LogP contribution is -2.25. The minimum Gasteiger partial charge on any atom is -0.480 e. The molecule has 1 aromatic carbocycles. The summed E-state index contributed by atoms with van der Waals surface area (Å²) in [6.07, 6.45) is 1.53. The standard InChI is InChI=1S/C23H28N6O4S/c1-2-8-34-23-25-21(24-16-11-15(16)13-6-4-3-5-7-13)20-22(26-23)29(28-27-20)14-9-17(30)18(10-14)33-12-19(31)32/h3-7,14-18,30H,2,8-12H2,1H3,(H,31,32)(H,24,25,26)/t14-,15?,16?,17-,18-/m1/s1. The number of thioether (sulfide) groups is 1. The lowest BCUT2D eigenvalue weighted by Gasteiger charge is -2.13. The zero-order valence-electron chi connectivity index (χ0n) is 18.9. The number of aliphatic hydroxyl groups is 1. The SMILES string of the molecule is CCCSc1nc(NC2CC2c2ccccc2)c2nnn([C@@H]3C[C@@H](O)[C@H](OCC(=O)O)C3)c2n1. The molecule has 0 radical (unpaired) electrons. The predicted molar refractivity (Wildman–Crippen MR) is 127 cm³/mol. The number of benzene rings is 1. The number of carbonyl (C=O) groups is 1. The van der Waals surface area contributed by atoms with Crippen LogP contribution in [0.1, 0.15) is 50.1 Å². The first-order valence-electron chi connectivity index (χ1n) is 11.6. The second-order valence-electron chi connectivity index (χ2n) is 8.85. The maximum Gasteiger partial charge on any atom is 0.329 e. The molecule has 2 aliphatic rings. The van der Waals surface area contributed by atoms with Crippen LogP contribution in [0.25, 0.3) is 11.2 Å². The molecule has 10 nitrogen and oxygen atoms in total. The van der Waals surface area contributed by atoms with Crippen LogP contribution in [-0.2, 0) is 9.53 Å². The topological polar surface area (TPSA) is 135 Å². The van der Waals surface area contributed by atoms with E-state index in [4.69, 9.17) is 19.8 Å². The molecule has 2 aliphatic carbocycles. The van der Waals surface area contributed by atoms with Gasteiger partial charge in [-0.2, -0.15) is 0 Å². The summed E-state index contributed by atoms with van der Waals surface area (Å²) in [4.78, 5) is 20.3. The molecule has 5 atom stereocenters. The van der Waals surface area contributed by atoms with E-state index in [1.165, 1.54) is 5.56 Å². The number of hydrogen-bond acceptors (Lipinski definition) is 9. The summed E-state index contributed by atoms with van der Waals surface area (Å²) in [5, 5.41) is 32.3. The van der Waals surface area contributed by atoms with Crippen LogP contribution in [0.4, 0.5) is 5.82 Å². The Morgan fingerprint density at radius 2 is 2.06 bits per heavy atom. The largest absolute Gasteiger partial charge is 0.480 e. The van der Waals surface area contributed by atoms with Gasteiger partial charge < -0.3 is 20.3 Å². The smallest absolute Gasteiger partial charge is 0.329 e. The monoisotopic (exact) mass is 484 g/mol. The lowest BCUT2D eigenvalue weighted by atomic mass is 10.1. The molecule has 11 heteroatoms. The number of anilines is 1. The molecule has 0 amide bonds. The van der Waals surface area contributed by atoms with Gasteiger partial charge in [-0.05, 0) is 31.2 Å². The molecule has 2 unspecified atom stereocenters. The van der Waals surface area contributed by atoms with Gasteiger partial charge in [0.15, 0.2) is 22.1 Å². The summed E-state index contributed by atoms with van der Waals surface area (Å²) >= 11 is 1.59. The number of hydrogen-bond donors (Lipinski definition) is 3. The molecule has 2 heterocycles. The summed E-state index contributed by atoms with van der Waals surface area (Å²) in [6.45, 7) is 1.67. The van der Waals surface area contributed by atoms with Crippen LogP contribution < -0.4 is 5.32 Å². The quantitative estimate of drug-likeness (QED) is 0.291. The molecule has 0 saturated heterocycles. The Bertz CT molecular complexity index is 1160. The first kappa shape index (κ1) is 23.0. The van der Waals surface area contributed by atoms with Gasteiger partial charge in [0.2, 0.25) is 0 Å². The molecule has 3 N–H and O–H groups in total. The van der Waals surface area contributed by atoms with Crippen molar-refractivity contribution in [2.75, 3.05) is 17.7 Å². The van der Waals surface area contributed by atoms with Gasteiger partial charge in [-0.15, -0.1) is 5.10 Å². The minimum absolute atomic E-state index is 0.191. The van der Waals surface area contributed by atoms with E-state index < -0.39 is 24.8 Å². The summed E-state index contributed by atoms with van der Waals surface area (Å²) in [5.74, 6) is 0.952. The van der Waals surface area contributed by atoms with Crippen LogP contribution >= 0.6 is 11.8 Å². The number of fused-ring (bicyclic) bond motifs is 1. The third-order valence-electron chi connectivity index (χ3n) is 6.29. The third-order valence-corrected chi connectivity index (χ3v) is 7.35. The number of nitrogens with one attached hydrogen (secondary N) is 1. The molecule has 180 valence electrons. The number of aromatic nitrogens is 5. The molecular weight excluding hydrogens is 456 g/mol. The molecule has 2 aromatic heterocycles. The predicted octanol–water partition coefficient (Wildman–Crippen LogP) is 2.86. The van der Waals surface area contributed by atoms with E-state index in [0.717, 1.165) is 18.6 Å². The molecule has 0 bridgehead atoms. The van der Waals surface area contributed by atoms with E-state index >= 15 is 0 Å². The Hall–Kier alpha value is -2.76. The van der Waals surface area contributed by atoms with Crippen LogP contribution in [0.3, 0.4) is 0 Å². The fourth-order valence-electron chi connectivity index (χ4n) is 4.52. The maximum absolute atomic E-state index is 10.9. The molecule has 34 heavy (non-hydrogen) atoms. The Balaban J connectivity index is 1.40. The van der Waals surface area contributed by atoms with E-state index in [1.54, 1.807) is 16.4 Å². The molecule has 0 spiro atoms. The second kappa shape index (κ2) is 9.85. The minimum atomic E-state index is -1.06. The van der Waals surface area contributed by atoms with Gasteiger partial charge in [0.1, 0.15) is 6.61 Å². The van der Waals surface area contributed by atoms with Crippen molar-refractivity contribution in [3.8, 4) is 0 Å². The van der Waals surface area contributed by atoms with Gasteiger partial charge in [-0.1, -0.05) is 54.2 Å².